The molecule has 2 nitrogen and oxygen atoms in total. The zero-order valence-electron chi connectivity index (χ0n) is 35.8. The van der Waals surface area contributed by atoms with Crippen molar-refractivity contribution in [3.63, 3.8) is 0 Å². The average molecular weight is 877 g/mol. The highest BCUT2D eigenvalue weighted by atomic mass is 32.1. The third-order valence-corrected chi connectivity index (χ3v) is 15.3. The second-order valence-corrected chi connectivity index (χ2v) is 19.1. The number of hydrogen-bond acceptors (Lipinski definition) is 4. The molecule has 0 aliphatic carbocycles. The highest BCUT2D eigenvalue weighted by Crippen LogP contribution is 2.45. The molecular weight excluding hydrogens is 837 g/mol. The molecule has 0 fully saturated rings. The van der Waals surface area contributed by atoms with Gasteiger partial charge in [-0.15, -0.1) is 22.7 Å². The van der Waals surface area contributed by atoms with Crippen LogP contribution in [0.5, 0.6) is 0 Å². The normalized spacial score (nSPS) is 11.6. The number of hydrogen-bond donors (Lipinski definition) is 0. The van der Waals surface area contributed by atoms with E-state index >= 15 is 0 Å². The van der Waals surface area contributed by atoms with Gasteiger partial charge in [0.2, 0.25) is 0 Å². The van der Waals surface area contributed by atoms with Crippen molar-refractivity contribution < 1.29 is 0 Å². The van der Waals surface area contributed by atoms with Crippen LogP contribution in [0.2, 0.25) is 0 Å². The minimum atomic E-state index is 1.12. The van der Waals surface area contributed by atoms with Crippen molar-refractivity contribution in [2.45, 2.75) is 0 Å². The molecule has 66 heavy (non-hydrogen) atoms. The molecule has 0 amide bonds. The lowest BCUT2D eigenvalue weighted by molar-refractivity contribution is 1.30. The van der Waals surface area contributed by atoms with Crippen LogP contribution in [-0.4, -0.2) is 0 Å². The van der Waals surface area contributed by atoms with E-state index in [1.165, 1.54) is 84.1 Å². The summed E-state index contributed by atoms with van der Waals surface area (Å²) in [6.07, 6.45) is 0. The van der Waals surface area contributed by atoms with Gasteiger partial charge in [-0.1, -0.05) is 170 Å². The van der Waals surface area contributed by atoms with Gasteiger partial charge in [-0.25, -0.2) is 0 Å². The monoisotopic (exact) mass is 876 g/mol. The first-order valence-corrected chi connectivity index (χ1v) is 24.0. The summed E-state index contributed by atoms with van der Waals surface area (Å²) in [4.78, 5) is 4.82. The van der Waals surface area contributed by atoms with Crippen molar-refractivity contribution in [2.24, 2.45) is 0 Å². The number of nitrogens with zero attached hydrogens (tertiary/aromatic N) is 2. The molecule has 0 unspecified atom stereocenters. The zero-order chi connectivity index (χ0) is 43.6. The van der Waals surface area contributed by atoms with E-state index in [4.69, 9.17) is 0 Å². The Morgan fingerprint density at radius 1 is 0.227 bits per heavy atom. The van der Waals surface area contributed by atoms with E-state index in [-0.39, 0.29) is 0 Å². The quantitative estimate of drug-likeness (QED) is 0.150. The Morgan fingerprint density at radius 3 is 0.970 bits per heavy atom. The molecule has 2 heterocycles. The van der Waals surface area contributed by atoms with Crippen molar-refractivity contribution in [2.75, 3.05) is 9.80 Å². The van der Waals surface area contributed by atoms with Crippen LogP contribution in [0.25, 0.3) is 84.1 Å². The molecule has 310 valence electrons. The van der Waals surface area contributed by atoms with Gasteiger partial charge in [0.15, 0.2) is 0 Å². The van der Waals surface area contributed by atoms with Crippen LogP contribution >= 0.6 is 22.7 Å². The van der Waals surface area contributed by atoms with Crippen molar-refractivity contribution in [1.29, 1.82) is 0 Å². The first-order valence-electron chi connectivity index (χ1n) is 22.4. The fourth-order valence-corrected chi connectivity index (χ4v) is 12.1. The third-order valence-electron chi connectivity index (χ3n) is 13.1. The standard InChI is InChI=1S/C62H40N2S2/c1-3-15-51-45(11-1)13-9-19-57(51)63(49-35-37-55-53-17-5-7-21-59(53)65-61(55)39-49)47-31-27-43(28-32-47)41-23-25-42(26-24-41)44-29-33-48(34-30-44)64(58-20-10-14-46-12-2-4-16-52(46)58)50-36-38-56-54-18-6-8-22-60(54)66-62(56)40-50/h1-40H. The first kappa shape index (κ1) is 38.4. The molecule has 0 radical (unpaired) electrons. The largest absolute Gasteiger partial charge is 0.310 e. The van der Waals surface area contributed by atoms with Crippen LogP contribution in [0, 0.1) is 0 Å². The van der Waals surface area contributed by atoms with Crippen LogP contribution < -0.4 is 9.80 Å². The topological polar surface area (TPSA) is 6.48 Å². The lowest BCUT2D eigenvalue weighted by atomic mass is 9.99. The Balaban J connectivity index is 0.824. The Morgan fingerprint density at radius 2 is 0.545 bits per heavy atom. The van der Waals surface area contributed by atoms with Gasteiger partial charge in [0.1, 0.15) is 0 Å². The van der Waals surface area contributed by atoms with Gasteiger partial charge in [0.25, 0.3) is 0 Å². The van der Waals surface area contributed by atoms with Gasteiger partial charge in [0.05, 0.1) is 11.4 Å². The zero-order valence-corrected chi connectivity index (χ0v) is 37.4. The smallest absolute Gasteiger partial charge is 0.0540 e. The van der Waals surface area contributed by atoms with Crippen LogP contribution in [0.4, 0.5) is 34.1 Å². The predicted octanol–water partition coefficient (Wildman–Crippen LogP) is 19.0. The minimum absolute atomic E-state index is 1.12. The van der Waals surface area contributed by atoms with E-state index in [1.807, 2.05) is 22.7 Å². The molecular formula is C62H40N2S2. The maximum absolute atomic E-state index is 2.41. The third kappa shape index (κ3) is 6.61. The first-order chi connectivity index (χ1) is 32.7. The van der Waals surface area contributed by atoms with Crippen LogP contribution in [-0.2, 0) is 0 Å². The van der Waals surface area contributed by atoms with Gasteiger partial charge in [-0.3, -0.25) is 0 Å². The van der Waals surface area contributed by atoms with E-state index < -0.39 is 0 Å². The van der Waals surface area contributed by atoms with Gasteiger partial charge in [-0.05, 0) is 106 Å². The lowest BCUT2D eigenvalue weighted by Gasteiger charge is -2.27. The number of benzene rings is 11. The summed E-state index contributed by atoms with van der Waals surface area (Å²) in [6.45, 7) is 0. The van der Waals surface area contributed by atoms with Crippen LogP contribution in [0.1, 0.15) is 0 Å². The molecule has 0 aliphatic heterocycles. The van der Waals surface area contributed by atoms with E-state index in [0.717, 1.165) is 34.1 Å². The molecule has 0 saturated carbocycles. The van der Waals surface area contributed by atoms with Gasteiger partial charge in [0, 0.05) is 73.9 Å². The predicted molar refractivity (Wildman–Crippen MR) is 287 cm³/mol. The second-order valence-electron chi connectivity index (χ2n) is 16.9. The fraction of sp³-hybridized carbons (Fsp3) is 0. The summed E-state index contributed by atoms with van der Waals surface area (Å²) >= 11 is 3.72. The van der Waals surface area contributed by atoms with Crippen LogP contribution in [0.3, 0.4) is 0 Å². The second kappa shape index (κ2) is 15.9. The molecule has 0 aliphatic rings. The van der Waals surface area contributed by atoms with Gasteiger partial charge in [-0.2, -0.15) is 0 Å². The molecule has 0 N–H and O–H groups in total. The summed E-state index contributed by atoms with van der Waals surface area (Å²) in [6, 6.07) is 88.9. The average Bonchev–Trinajstić information content (AvgIpc) is 3.95. The maximum Gasteiger partial charge on any atom is 0.0540 e. The Kier molecular flexibility index (Phi) is 9.26. The molecule has 0 saturated heterocycles. The van der Waals surface area contributed by atoms with E-state index in [1.54, 1.807) is 0 Å². The molecule has 0 bridgehead atoms. The summed E-state index contributed by atoms with van der Waals surface area (Å²) in [5.74, 6) is 0. The summed E-state index contributed by atoms with van der Waals surface area (Å²) < 4.78 is 5.21. The van der Waals surface area contributed by atoms with Gasteiger partial charge < -0.3 is 9.80 Å². The highest BCUT2D eigenvalue weighted by Gasteiger charge is 2.19. The van der Waals surface area contributed by atoms with E-state index in [9.17, 15) is 0 Å². The van der Waals surface area contributed by atoms with Crippen molar-refractivity contribution in [1.82, 2.24) is 0 Å². The lowest BCUT2D eigenvalue weighted by Crippen LogP contribution is -2.10. The van der Waals surface area contributed by atoms with Crippen LogP contribution in [0.15, 0.2) is 243 Å². The van der Waals surface area contributed by atoms with Crippen molar-refractivity contribution in [3.05, 3.63) is 243 Å². The van der Waals surface area contributed by atoms with Gasteiger partial charge >= 0.3 is 0 Å². The van der Waals surface area contributed by atoms with Crippen molar-refractivity contribution >= 4 is 119 Å². The van der Waals surface area contributed by atoms with E-state index in [0.29, 0.717) is 0 Å². The highest BCUT2D eigenvalue weighted by molar-refractivity contribution is 7.26. The SMILES string of the molecule is c1ccc2c(N(c3ccc(-c4ccc(-c5ccc(N(c6ccc7c(c6)sc6ccccc67)c6cccc7ccccc67)cc5)cc4)cc3)c3ccc4c(c3)sc3ccccc34)cccc2c1. The number of thiophene rings is 2. The Bertz CT molecular complexity index is 3670. The molecule has 0 atom stereocenters. The molecule has 2 aromatic heterocycles. The summed E-state index contributed by atoms with van der Waals surface area (Å²) in [5.41, 5.74) is 11.6. The van der Waals surface area contributed by atoms with Crippen molar-refractivity contribution in [3.8, 4) is 22.3 Å². The molecule has 11 aromatic carbocycles. The summed E-state index contributed by atoms with van der Waals surface area (Å²) in [5, 5.41) is 10.1. The molecule has 13 rings (SSSR count). The molecule has 4 heteroatoms. The Labute approximate surface area is 391 Å². The molecule has 0 spiro atoms. The minimum Gasteiger partial charge on any atom is -0.310 e. The summed E-state index contributed by atoms with van der Waals surface area (Å²) in [7, 11) is 0. The number of rotatable bonds is 8. The maximum atomic E-state index is 2.41. The number of anilines is 6. The molecule has 13 aromatic rings. The number of fused-ring (bicyclic) bond motifs is 8. The Hall–Kier alpha value is -8.02. The fourth-order valence-electron chi connectivity index (χ4n) is 9.83. The van der Waals surface area contributed by atoms with E-state index in [2.05, 4.69) is 252 Å².